The lowest BCUT2D eigenvalue weighted by atomic mass is 10.2. The fraction of sp³-hybridized carbons (Fsp3) is 0.160. The van der Waals surface area contributed by atoms with Crippen LogP contribution in [0.3, 0.4) is 0 Å². The van der Waals surface area contributed by atoms with Crippen LogP contribution in [0.1, 0.15) is 18.3 Å². The molecule has 1 atom stereocenters. The number of carbonyl (C=O) groups excluding carboxylic acids is 1. The van der Waals surface area contributed by atoms with Crippen LogP contribution in [0.15, 0.2) is 84.0 Å². The Morgan fingerprint density at radius 2 is 1.83 bits per heavy atom. The Balaban J connectivity index is 1.51. The smallest absolute Gasteiger partial charge is 0.269 e. The number of nitrogens with zero attached hydrogens (tertiary/aromatic N) is 4. The summed E-state index contributed by atoms with van der Waals surface area (Å²) in [4.78, 5) is 23.1. The SMILES string of the molecule is Cc1cccc(OCc2nnc(S[C@H](C)C(=O)Nc3ccc([N+](=O)[O-])cc3)n2-c2ccccc2)c1. The number of nitrogens with one attached hydrogen (secondary N) is 1. The van der Waals surface area contributed by atoms with Crippen LogP contribution in [-0.4, -0.2) is 30.8 Å². The number of ether oxygens (including phenoxy) is 1. The van der Waals surface area contributed by atoms with Gasteiger partial charge in [0.2, 0.25) is 5.91 Å². The van der Waals surface area contributed by atoms with Crippen LogP contribution in [-0.2, 0) is 11.4 Å². The van der Waals surface area contributed by atoms with Crippen LogP contribution >= 0.6 is 11.8 Å². The van der Waals surface area contributed by atoms with Gasteiger partial charge in [-0.2, -0.15) is 0 Å². The highest BCUT2D eigenvalue weighted by molar-refractivity contribution is 8.00. The summed E-state index contributed by atoms with van der Waals surface area (Å²) in [5.74, 6) is 1.07. The summed E-state index contributed by atoms with van der Waals surface area (Å²) in [6, 6.07) is 23.1. The third-order valence-corrected chi connectivity index (χ3v) is 6.11. The van der Waals surface area contributed by atoms with Crippen LogP contribution < -0.4 is 10.1 Å². The van der Waals surface area contributed by atoms with Crippen LogP contribution in [0.4, 0.5) is 11.4 Å². The van der Waals surface area contributed by atoms with Gasteiger partial charge in [0.25, 0.3) is 5.69 Å². The molecule has 0 saturated carbocycles. The number of nitro groups is 1. The molecule has 1 aromatic heterocycles. The van der Waals surface area contributed by atoms with E-state index in [4.69, 9.17) is 4.74 Å². The summed E-state index contributed by atoms with van der Waals surface area (Å²) in [5, 5.41) is 22.3. The zero-order valence-electron chi connectivity index (χ0n) is 19.1. The molecule has 1 amide bonds. The largest absolute Gasteiger partial charge is 0.486 e. The fourth-order valence-electron chi connectivity index (χ4n) is 3.28. The van der Waals surface area contributed by atoms with Crippen molar-refractivity contribution < 1.29 is 14.5 Å². The molecule has 178 valence electrons. The standard InChI is InChI=1S/C25H23N5O4S/c1-17-7-6-10-22(15-17)34-16-23-27-28-25(29(23)20-8-4-3-5-9-20)35-18(2)24(31)26-19-11-13-21(14-12-19)30(32)33/h3-15,18H,16H2,1-2H3,(H,26,31)/t18-/m1/s1. The summed E-state index contributed by atoms with van der Waals surface area (Å²) in [5.41, 5.74) is 2.38. The predicted molar refractivity (Wildman–Crippen MR) is 134 cm³/mol. The first-order chi connectivity index (χ1) is 16.9. The van der Waals surface area contributed by atoms with Crippen LogP contribution in [0.5, 0.6) is 5.75 Å². The monoisotopic (exact) mass is 489 g/mol. The van der Waals surface area contributed by atoms with E-state index in [1.807, 2.05) is 66.1 Å². The molecule has 4 rings (SSSR count). The first kappa shape index (κ1) is 24.0. The van der Waals surface area contributed by atoms with Crippen LogP contribution in [0.2, 0.25) is 0 Å². The number of nitro benzene ring substituents is 1. The summed E-state index contributed by atoms with van der Waals surface area (Å²) in [6.45, 7) is 3.96. The Morgan fingerprint density at radius 1 is 1.09 bits per heavy atom. The van der Waals surface area contributed by atoms with Gasteiger partial charge in [-0.3, -0.25) is 19.5 Å². The third-order valence-electron chi connectivity index (χ3n) is 5.07. The van der Waals surface area contributed by atoms with E-state index in [2.05, 4.69) is 15.5 Å². The van der Waals surface area contributed by atoms with Gasteiger partial charge >= 0.3 is 0 Å². The molecule has 0 unspecified atom stereocenters. The van der Waals surface area contributed by atoms with Gasteiger partial charge in [0.15, 0.2) is 11.0 Å². The molecule has 0 aliphatic carbocycles. The van der Waals surface area contributed by atoms with Gasteiger partial charge in [-0.25, -0.2) is 0 Å². The van der Waals surface area contributed by atoms with Gasteiger partial charge in [-0.05, 0) is 55.8 Å². The van der Waals surface area contributed by atoms with E-state index in [9.17, 15) is 14.9 Å². The number of aryl methyl sites for hydroxylation is 1. The van der Waals surface area contributed by atoms with Gasteiger partial charge in [-0.15, -0.1) is 10.2 Å². The summed E-state index contributed by atoms with van der Waals surface area (Å²) in [7, 11) is 0. The average Bonchev–Trinajstić information content (AvgIpc) is 3.26. The number of para-hydroxylation sites is 1. The number of hydrogen-bond donors (Lipinski definition) is 1. The number of non-ortho nitro benzene ring substituents is 1. The molecule has 35 heavy (non-hydrogen) atoms. The predicted octanol–water partition coefficient (Wildman–Crippen LogP) is 5.18. The van der Waals surface area contributed by atoms with E-state index in [0.717, 1.165) is 17.0 Å². The molecule has 1 N–H and O–H groups in total. The summed E-state index contributed by atoms with van der Waals surface area (Å²) in [6.07, 6.45) is 0. The first-order valence-corrected chi connectivity index (χ1v) is 11.7. The summed E-state index contributed by atoms with van der Waals surface area (Å²) >= 11 is 1.26. The van der Waals surface area contributed by atoms with Gasteiger partial charge in [0, 0.05) is 23.5 Å². The zero-order chi connectivity index (χ0) is 24.8. The molecule has 10 heteroatoms. The Kier molecular flexibility index (Phi) is 7.41. The van der Waals surface area contributed by atoms with Crippen LogP contribution in [0, 0.1) is 17.0 Å². The molecule has 4 aromatic rings. The average molecular weight is 490 g/mol. The van der Waals surface area contributed by atoms with Crippen molar-refractivity contribution in [2.45, 2.75) is 30.9 Å². The van der Waals surface area contributed by atoms with Gasteiger partial charge in [-0.1, -0.05) is 42.1 Å². The van der Waals surface area contributed by atoms with Gasteiger partial charge in [0.05, 0.1) is 10.2 Å². The van der Waals surface area contributed by atoms with E-state index in [1.165, 1.54) is 36.0 Å². The van der Waals surface area contributed by atoms with E-state index < -0.39 is 10.2 Å². The normalized spacial score (nSPS) is 11.6. The number of hydrogen-bond acceptors (Lipinski definition) is 7. The van der Waals surface area contributed by atoms with Crippen molar-refractivity contribution in [2.24, 2.45) is 0 Å². The van der Waals surface area contributed by atoms with E-state index in [0.29, 0.717) is 16.7 Å². The Bertz CT molecular complexity index is 1330. The Morgan fingerprint density at radius 3 is 2.51 bits per heavy atom. The minimum absolute atomic E-state index is 0.0400. The second kappa shape index (κ2) is 10.8. The first-order valence-electron chi connectivity index (χ1n) is 10.8. The van der Waals surface area contributed by atoms with Crippen molar-refractivity contribution in [3.63, 3.8) is 0 Å². The molecular weight excluding hydrogens is 466 g/mol. The number of rotatable bonds is 9. The second-order valence-electron chi connectivity index (χ2n) is 7.73. The number of aromatic nitrogens is 3. The molecule has 3 aromatic carbocycles. The highest BCUT2D eigenvalue weighted by Crippen LogP contribution is 2.27. The number of carbonyl (C=O) groups is 1. The molecule has 0 saturated heterocycles. The Labute approximate surface area is 206 Å². The quantitative estimate of drug-likeness (QED) is 0.196. The molecular formula is C25H23N5O4S. The number of amides is 1. The lowest BCUT2D eigenvalue weighted by molar-refractivity contribution is -0.384. The van der Waals surface area contributed by atoms with Crippen molar-refractivity contribution in [2.75, 3.05) is 5.32 Å². The van der Waals surface area contributed by atoms with Gasteiger partial charge in [0.1, 0.15) is 12.4 Å². The molecule has 0 bridgehead atoms. The maximum absolute atomic E-state index is 12.8. The van der Waals surface area contributed by atoms with Crippen molar-refractivity contribution in [1.82, 2.24) is 14.8 Å². The molecule has 0 aliphatic heterocycles. The highest BCUT2D eigenvalue weighted by atomic mass is 32.2. The fourth-order valence-corrected chi connectivity index (χ4v) is 4.17. The lowest BCUT2D eigenvalue weighted by Crippen LogP contribution is -2.23. The van der Waals surface area contributed by atoms with Crippen LogP contribution in [0.25, 0.3) is 5.69 Å². The zero-order valence-corrected chi connectivity index (χ0v) is 19.9. The maximum atomic E-state index is 12.8. The third kappa shape index (κ3) is 6.04. The van der Waals surface area contributed by atoms with E-state index in [-0.39, 0.29) is 18.2 Å². The van der Waals surface area contributed by atoms with Crippen molar-refractivity contribution in [3.8, 4) is 11.4 Å². The molecule has 0 radical (unpaired) electrons. The number of anilines is 1. The molecule has 1 heterocycles. The molecule has 0 aliphatic rings. The van der Waals surface area contributed by atoms with Crippen molar-refractivity contribution >= 4 is 29.0 Å². The van der Waals surface area contributed by atoms with Crippen molar-refractivity contribution in [3.05, 3.63) is 100 Å². The van der Waals surface area contributed by atoms with E-state index >= 15 is 0 Å². The second-order valence-corrected chi connectivity index (χ2v) is 9.04. The molecule has 0 spiro atoms. The Hall–Kier alpha value is -4.18. The lowest BCUT2D eigenvalue weighted by Gasteiger charge is -2.14. The summed E-state index contributed by atoms with van der Waals surface area (Å²) < 4.78 is 7.82. The van der Waals surface area contributed by atoms with Gasteiger partial charge < -0.3 is 10.1 Å². The van der Waals surface area contributed by atoms with E-state index in [1.54, 1.807) is 6.92 Å². The minimum Gasteiger partial charge on any atom is -0.486 e. The topological polar surface area (TPSA) is 112 Å². The number of benzene rings is 3. The van der Waals surface area contributed by atoms with Crippen molar-refractivity contribution in [1.29, 1.82) is 0 Å². The maximum Gasteiger partial charge on any atom is 0.269 e. The minimum atomic E-state index is -0.512. The molecule has 0 fully saturated rings. The molecule has 9 nitrogen and oxygen atoms in total. The highest BCUT2D eigenvalue weighted by Gasteiger charge is 2.22. The number of thioether (sulfide) groups is 1.